The number of fused-ring (bicyclic) bond motifs is 1. The summed E-state index contributed by atoms with van der Waals surface area (Å²) in [6.45, 7) is 2.50. The van der Waals surface area contributed by atoms with Crippen molar-refractivity contribution >= 4 is 44.2 Å². The molecule has 150 valence electrons. The standard InChI is InChI=1S/C22H18N4O3S/c1-2-29-15-7-8-18-19(13-15)30-22(25-18)26-21(28)16-5-3-4-6-17(16)24-20(27)14-9-11-23-12-10-14/h3-13H,2H2,1H3,(H,24,27)(H,25,26,28). The molecule has 0 aliphatic carbocycles. The van der Waals surface area contributed by atoms with Gasteiger partial charge in [-0.05, 0) is 49.4 Å². The van der Waals surface area contributed by atoms with Crippen molar-refractivity contribution in [1.29, 1.82) is 0 Å². The van der Waals surface area contributed by atoms with Crippen LogP contribution >= 0.6 is 11.3 Å². The molecule has 8 heteroatoms. The van der Waals surface area contributed by atoms with E-state index in [2.05, 4.69) is 20.6 Å². The van der Waals surface area contributed by atoms with Gasteiger partial charge in [0.15, 0.2) is 5.13 Å². The highest BCUT2D eigenvalue weighted by atomic mass is 32.1. The summed E-state index contributed by atoms with van der Waals surface area (Å²) in [6.07, 6.45) is 3.08. The SMILES string of the molecule is CCOc1ccc2nc(NC(=O)c3ccccc3NC(=O)c3ccncc3)sc2c1. The zero-order valence-electron chi connectivity index (χ0n) is 16.1. The number of aromatic nitrogens is 2. The van der Waals surface area contributed by atoms with Gasteiger partial charge in [0, 0.05) is 18.0 Å². The van der Waals surface area contributed by atoms with Gasteiger partial charge in [0.25, 0.3) is 11.8 Å². The highest BCUT2D eigenvalue weighted by Crippen LogP contribution is 2.30. The third-order valence-corrected chi connectivity index (χ3v) is 5.19. The third kappa shape index (κ3) is 4.28. The van der Waals surface area contributed by atoms with Crippen molar-refractivity contribution in [2.75, 3.05) is 17.2 Å². The minimum absolute atomic E-state index is 0.318. The fraction of sp³-hybridized carbons (Fsp3) is 0.0909. The number of pyridine rings is 1. The molecule has 0 radical (unpaired) electrons. The van der Waals surface area contributed by atoms with Crippen molar-refractivity contribution in [2.24, 2.45) is 0 Å². The first-order valence-electron chi connectivity index (χ1n) is 9.29. The number of hydrogen-bond acceptors (Lipinski definition) is 6. The molecule has 30 heavy (non-hydrogen) atoms. The van der Waals surface area contributed by atoms with E-state index in [1.165, 1.54) is 23.7 Å². The van der Waals surface area contributed by atoms with Gasteiger partial charge >= 0.3 is 0 Å². The van der Waals surface area contributed by atoms with E-state index in [-0.39, 0.29) is 11.8 Å². The predicted molar refractivity (Wildman–Crippen MR) is 117 cm³/mol. The largest absolute Gasteiger partial charge is 0.494 e. The number of benzene rings is 2. The Morgan fingerprint density at radius 2 is 1.80 bits per heavy atom. The highest BCUT2D eigenvalue weighted by Gasteiger charge is 2.16. The molecule has 4 rings (SSSR count). The van der Waals surface area contributed by atoms with Crippen molar-refractivity contribution in [2.45, 2.75) is 6.92 Å². The number of nitrogens with zero attached hydrogens (tertiary/aromatic N) is 2. The molecule has 2 heterocycles. The van der Waals surface area contributed by atoms with Crippen LogP contribution in [0.15, 0.2) is 67.0 Å². The van der Waals surface area contributed by atoms with Gasteiger partial charge < -0.3 is 10.1 Å². The van der Waals surface area contributed by atoms with E-state index in [9.17, 15) is 9.59 Å². The summed E-state index contributed by atoms with van der Waals surface area (Å²) in [4.78, 5) is 33.7. The Morgan fingerprint density at radius 3 is 2.60 bits per heavy atom. The second-order valence-electron chi connectivity index (χ2n) is 6.27. The first kappa shape index (κ1) is 19.5. The van der Waals surface area contributed by atoms with Crippen LogP contribution in [0.1, 0.15) is 27.6 Å². The topological polar surface area (TPSA) is 93.2 Å². The summed E-state index contributed by atoms with van der Waals surface area (Å²) in [5.74, 6) is 0.0847. The number of anilines is 2. The lowest BCUT2D eigenvalue weighted by atomic mass is 10.1. The predicted octanol–water partition coefficient (Wildman–Crippen LogP) is 4.59. The quantitative estimate of drug-likeness (QED) is 0.478. The van der Waals surface area contributed by atoms with Gasteiger partial charge in [-0.3, -0.25) is 19.9 Å². The Hall–Kier alpha value is -3.78. The number of rotatable bonds is 6. The molecule has 0 fully saturated rings. The summed E-state index contributed by atoms with van der Waals surface area (Å²) >= 11 is 1.36. The molecule has 0 aliphatic rings. The second-order valence-corrected chi connectivity index (χ2v) is 7.30. The van der Waals surface area contributed by atoms with Crippen molar-refractivity contribution in [3.63, 3.8) is 0 Å². The number of hydrogen-bond donors (Lipinski definition) is 2. The lowest BCUT2D eigenvalue weighted by molar-refractivity contribution is 0.102. The molecule has 7 nitrogen and oxygen atoms in total. The van der Waals surface area contributed by atoms with Crippen LogP contribution in [0.25, 0.3) is 10.2 Å². The normalized spacial score (nSPS) is 10.6. The van der Waals surface area contributed by atoms with E-state index >= 15 is 0 Å². The van der Waals surface area contributed by atoms with Crippen molar-refractivity contribution in [3.05, 3.63) is 78.1 Å². The molecule has 0 bridgehead atoms. The number of carbonyl (C=O) groups excluding carboxylic acids is 2. The number of ether oxygens (including phenoxy) is 1. The Labute approximate surface area is 176 Å². The molecule has 2 aromatic heterocycles. The van der Waals surface area contributed by atoms with Crippen LogP contribution in [0, 0.1) is 0 Å². The molecule has 0 saturated carbocycles. The average Bonchev–Trinajstić information content (AvgIpc) is 3.16. The van der Waals surface area contributed by atoms with Gasteiger partial charge in [-0.2, -0.15) is 0 Å². The Balaban J connectivity index is 1.54. The third-order valence-electron chi connectivity index (χ3n) is 4.25. The van der Waals surface area contributed by atoms with Gasteiger partial charge in [-0.15, -0.1) is 0 Å². The molecular formula is C22H18N4O3S. The van der Waals surface area contributed by atoms with E-state index in [0.29, 0.717) is 28.6 Å². The number of thiazole rings is 1. The first-order chi connectivity index (χ1) is 14.6. The minimum atomic E-state index is -0.357. The molecule has 0 unspecified atom stereocenters. The average molecular weight is 418 g/mol. The Morgan fingerprint density at radius 1 is 1.00 bits per heavy atom. The van der Waals surface area contributed by atoms with Gasteiger partial charge in [-0.25, -0.2) is 4.98 Å². The fourth-order valence-electron chi connectivity index (χ4n) is 2.87. The maximum absolute atomic E-state index is 12.9. The van der Waals surface area contributed by atoms with Crippen LogP contribution < -0.4 is 15.4 Å². The summed E-state index contributed by atoms with van der Waals surface area (Å²) in [6, 6.07) is 15.6. The van der Waals surface area contributed by atoms with Gasteiger partial charge in [0.1, 0.15) is 5.75 Å². The molecule has 0 spiro atoms. The van der Waals surface area contributed by atoms with Gasteiger partial charge in [0.05, 0.1) is 28.1 Å². The molecule has 0 saturated heterocycles. The molecule has 2 amide bonds. The molecule has 4 aromatic rings. The molecule has 2 aromatic carbocycles. The molecule has 0 atom stereocenters. The lowest BCUT2D eigenvalue weighted by Crippen LogP contribution is -2.18. The number of amides is 2. The van der Waals surface area contributed by atoms with E-state index in [0.717, 1.165) is 16.0 Å². The zero-order chi connectivity index (χ0) is 20.9. The van der Waals surface area contributed by atoms with Crippen LogP contribution in [0.5, 0.6) is 5.75 Å². The fourth-order valence-corrected chi connectivity index (χ4v) is 3.76. The smallest absolute Gasteiger partial charge is 0.259 e. The Bertz CT molecular complexity index is 1210. The van der Waals surface area contributed by atoms with Crippen LogP contribution in [-0.4, -0.2) is 28.4 Å². The van der Waals surface area contributed by atoms with Crippen LogP contribution in [0.3, 0.4) is 0 Å². The minimum Gasteiger partial charge on any atom is -0.494 e. The highest BCUT2D eigenvalue weighted by molar-refractivity contribution is 7.22. The van der Waals surface area contributed by atoms with Crippen molar-refractivity contribution in [3.8, 4) is 5.75 Å². The van der Waals surface area contributed by atoms with Gasteiger partial charge in [-0.1, -0.05) is 23.5 Å². The summed E-state index contributed by atoms with van der Waals surface area (Å²) in [7, 11) is 0. The van der Waals surface area contributed by atoms with Crippen LogP contribution in [-0.2, 0) is 0 Å². The maximum atomic E-state index is 12.9. The van der Waals surface area contributed by atoms with Crippen LogP contribution in [0.2, 0.25) is 0 Å². The second kappa shape index (κ2) is 8.71. The zero-order valence-corrected chi connectivity index (χ0v) is 16.9. The van der Waals surface area contributed by atoms with Gasteiger partial charge in [0.2, 0.25) is 0 Å². The lowest BCUT2D eigenvalue weighted by Gasteiger charge is -2.10. The Kier molecular flexibility index (Phi) is 5.67. The van der Waals surface area contributed by atoms with E-state index in [4.69, 9.17) is 4.74 Å². The monoisotopic (exact) mass is 418 g/mol. The van der Waals surface area contributed by atoms with Crippen molar-refractivity contribution < 1.29 is 14.3 Å². The first-order valence-corrected chi connectivity index (χ1v) is 10.1. The molecule has 2 N–H and O–H groups in total. The number of para-hydroxylation sites is 1. The maximum Gasteiger partial charge on any atom is 0.259 e. The molecular weight excluding hydrogens is 400 g/mol. The molecule has 0 aliphatic heterocycles. The van der Waals surface area contributed by atoms with E-state index in [1.54, 1.807) is 36.4 Å². The van der Waals surface area contributed by atoms with E-state index < -0.39 is 0 Å². The number of nitrogens with one attached hydrogen (secondary N) is 2. The number of carbonyl (C=O) groups is 2. The summed E-state index contributed by atoms with van der Waals surface area (Å²) < 4.78 is 6.42. The van der Waals surface area contributed by atoms with E-state index in [1.807, 2.05) is 25.1 Å². The summed E-state index contributed by atoms with van der Waals surface area (Å²) in [5.41, 5.74) is 1.99. The van der Waals surface area contributed by atoms with Crippen molar-refractivity contribution in [1.82, 2.24) is 9.97 Å². The summed E-state index contributed by atoms with van der Waals surface area (Å²) in [5, 5.41) is 6.07. The van der Waals surface area contributed by atoms with Crippen LogP contribution in [0.4, 0.5) is 10.8 Å².